The molecule has 0 aromatic carbocycles. The number of hydrogen-bond donors (Lipinski definition) is 1. The monoisotopic (exact) mass is 262 g/mol. The Morgan fingerprint density at radius 1 is 1.44 bits per heavy atom. The second-order valence-corrected chi connectivity index (χ2v) is 6.46. The first-order chi connectivity index (χ1) is 8.59. The lowest BCUT2D eigenvalue weighted by Gasteiger charge is -2.50. The Labute approximate surface area is 109 Å². The molecule has 0 amide bonds. The van der Waals surface area contributed by atoms with E-state index in [2.05, 4.69) is 11.1 Å². The second-order valence-electron chi connectivity index (χ2n) is 5.60. The molecule has 2 aliphatic carbocycles. The van der Waals surface area contributed by atoms with E-state index >= 15 is 0 Å². The zero-order valence-corrected chi connectivity index (χ0v) is 10.8. The van der Waals surface area contributed by atoms with Gasteiger partial charge in [-0.25, -0.2) is 9.78 Å². The molecule has 94 valence electrons. The second kappa shape index (κ2) is 3.79. The first kappa shape index (κ1) is 11.7. The van der Waals surface area contributed by atoms with Crippen molar-refractivity contribution in [3.63, 3.8) is 0 Å². The fourth-order valence-corrected chi connectivity index (χ4v) is 4.52. The SMILES string of the molecule is N#CC1(c2nc(C(=O)O)cs2)CC2(CCCC2)C1. The van der Waals surface area contributed by atoms with Crippen LogP contribution in [-0.2, 0) is 5.41 Å². The van der Waals surface area contributed by atoms with Crippen molar-refractivity contribution in [1.29, 1.82) is 5.26 Å². The molecule has 18 heavy (non-hydrogen) atoms. The molecular weight excluding hydrogens is 248 g/mol. The van der Waals surface area contributed by atoms with Crippen LogP contribution in [0.3, 0.4) is 0 Å². The Morgan fingerprint density at radius 2 is 2.11 bits per heavy atom. The van der Waals surface area contributed by atoms with Crippen LogP contribution in [0, 0.1) is 16.7 Å². The summed E-state index contributed by atoms with van der Waals surface area (Å²) in [5.74, 6) is -1.01. The molecule has 3 rings (SSSR count). The lowest BCUT2D eigenvalue weighted by molar-refractivity contribution is 0.0636. The molecule has 1 aromatic rings. The van der Waals surface area contributed by atoms with Crippen LogP contribution in [0.2, 0.25) is 0 Å². The molecule has 0 aliphatic heterocycles. The standard InChI is InChI=1S/C13H14N2O2S/c14-8-13(6-12(7-13)3-1-2-4-12)11-15-9(5-18-11)10(16)17/h5H,1-4,6-7H2,(H,16,17). The summed E-state index contributed by atoms with van der Waals surface area (Å²) in [4.78, 5) is 15.0. The zero-order chi connectivity index (χ0) is 12.8. The van der Waals surface area contributed by atoms with Crippen LogP contribution in [0.4, 0.5) is 0 Å². The molecule has 0 saturated heterocycles. The summed E-state index contributed by atoms with van der Waals surface area (Å²) < 4.78 is 0. The van der Waals surface area contributed by atoms with Crippen molar-refractivity contribution in [2.45, 2.75) is 43.9 Å². The number of carbonyl (C=O) groups is 1. The van der Waals surface area contributed by atoms with Gasteiger partial charge in [0.1, 0.15) is 10.4 Å². The van der Waals surface area contributed by atoms with E-state index in [9.17, 15) is 10.1 Å². The van der Waals surface area contributed by atoms with Gasteiger partial charge < -0.3 is 5.11 Å². The predicted octanol–water partition coefficient (Wildman–Crippen LogP) is 2.96. The summed E-state index contributed by atoms with van der Waals surface area (Å²) in [7, 11) is 0. The lowest BCUT2D eigenvalue weighted by atomic mass is 9.53. The maximum atomic E-state index is 10.8. The van der Waals surface area contributed by atoms with E-state index in [1.807, 2.05) is 0 Å². The molecule has 4 nitrogen and oxygen atoms in total. The van der Waals surface area contributed by atoms with E-state index in [1.54, 1.807) is 0 Å². The predicted molar refractivity (Wildman–Crippen MR) is 66.5 cm³/mol. The fourth-order valence-electron chi connectivity index (χ4n) is 3.58. The van der Waals surface area contributed by atoms with E-state index in [-0.39, 0.29) is 5.69 Å². The quantitative estimate of drug-likeness (QED) is 0.889. The Hall–Kier alpha value is -1.41. The summed E-state index contributed by atoms with van der Waals surface area (Å²) in [6, 6.07) is 2.39. The Bertz CT molecular complexity index is 529. The maximum Gasteiger partial charge on any atom is 0.355 e. The number of aromatic nitrogens is 1. The lowest BCUT2D eigenvalue weighted by Crippen LogP contribution is -2.47. The molecular formula is C13H14N2O2S. The van der Waals surface area contributed by atoms with Crippen molar-refractivity contribution < 1.29 is 9.90 Å². The fraction of sp³-hybridized carbons (Fsp3) is 0.615. The highest BCUT2D eigenvalue weighted by Gasteiger charge is 2.58. The smallest absolute Gasteiger partial charge is 0.355 e. The molecule has 5 heteroatoms. The van der Waals surface area contributed by atoms with Gasteiger partial charge in [-0.05, 0) is 31.1 Å². The topological polar surface area (TPSA) is 74.0 Å². The molecule has 0 unspecified atom stereocenters. The largest absolute Gasteiger partial charge is 0.476 e. The molecule has 0 atom stereocenters. The highest BCUT2D eigenvalue weighted by atomic mass is 32.1. The van der Waals surface area contributed by atoms with Gasteiger partial charge in [-0.3, -0.25) is 0 Å². The highest BCUT2D eigenvalue weighted by molar-refractivity contribution is 7.10. The normalized spacial score (nSPS) is 23.5. The molecule has 1 N–H and O–H groups in total. The van der Waals surface area contributed by atoms with Gasteiger partial charge in [-0.1, -0.05) is 12.8 Å². The number of carboxylic acid groups (broad SMARTS) is 1. The van der Waals surface area contributed by atoms with Crippen LogP contribution in [0.5, 0.6) is 0 Å². The molecule has 2 fully saturated rings. The number of rotatable bonds is 2. The third-order valence-corrected chi connectivity index (χ3v) is 5.41. The van der Waals surface area contributed by atoms with Gasteiger partial charge in [0.25, 0.3) is 0 Å². The van der Waals surface area contributed by atoms with Gasteiger partial charge in [-0.15, -0.1) is 11.3 Å². The summed E-state index contributed by atoms with van der Waals surface area (Å²) >= 11 is 1.31. The van der Waals surface area contributed by atoms with Crippen LogP contribution in [0.1, 0.15) is 54.0 Å². The molecule has 1 heterocycles. The van der Waals surface area contributed by atoms with E-state index in [4.69, 9.17) is 5.11 Å². The number of aromatic carboxylic acids is 1. The summed E-state index contributed by atoms with van der Waals surface area (Å²) in [5, 5.41) is 20.6. The van der Waals surface area contributed by atoms with Crippen LogP contribution >= 0.6 is 11.3 Å². The Morgan fingerprint density at radius 3 is 2.61 bits per heavy atom. The number of hydrogen-bond acceptors (Lipinski definition) is 4. The molecule has 2 aliphatic rings. The third-order valence-electron chi connectivity index (χ3n) is 4.36. The summed E-state index contributed by atoms with van der Waals surface area (Å²) in [6.07, 6.45) is 6.69. The molecule has 0 radical (unpaired) electrons. The number of thiazole rings is 1. The average Bonchev–Trinajstić information content (AvgIpc) is 2.95. The van der Waals surface area contributed by atoms with Crippen LogP contribution in [0.25, 0.3) is 0 Å². The summed E-state index contributed by atoms with van der Waals surface area (Å²) in [5.41, 5.74) is -0.0926. The Balaban J connectivity index is 1.85. The van der Waals surface area contributed by atoms with E-state index in [0.29, 0.717) is 10.4 Å². The van der Waals surface area contributed by atoms with Crippen molar-refractivity contribution >= 4 is 17.3 Å². The van der Waals surface area contributed by atoms with Crippen LogP contribution < -0.4 is 0 Å². The third kappa shape index (κ3) is 1.56. The van der Waals surface area contributed by atoms with Crippen molar-refractivity contribution in [2.24, 2.45) is 5.41 Å². The van der Waals surface area contributed by atoms with Gasteiger partial charge in [0.2, 0.25) is 0 Å². The van der Waals surface area contributed by atoms with Crippen LogP contribution in [-0.4, -0.2) is 16.1 Å². The minimum Gasteiger partial charge on any atom is -0.476 e. The van der Waals surface area contributed by atoms with E-state index in [1.165, 1.54) is 42.4 Å². The first-order valence-electron chi connectivity index (χ1n) is 6.20. The number of nitrogens with zero attached hydrogens (tertiary/aromatic N) is 2. The first-order valence-corrected chi connectivity index (χ1v) is 7.08. The highest BCUT2D eigenvalue weighted by Crippen LogP contribution is 2.62. The Kier molecular flexibility index (Phi) is 2.46. The average molecular weight is 262 g/mol. The van der Waals surface area contributed by atoms with Crippen molar-refractivity contribution in [3.8, 4) is 6.07 Å². The van der Waals surface area contributed by atoms with Gasteiger partial charge in [0.15, 0.2) is 5.69 Å². The molecule has 0 bridgehead atoms. The van der Waals surface area contributed by atoms with E-state index in [0.717, 1.165) is 12.8 Å². The van der Waals surface area contributed by atoms with Gasteiger partial charge in [0.05, 0.1) is 6.07 Å². The minimum atomic E-state index is -1.01. The zero-order valence-electron chi connectivity index (χ0n) is 9.98. The molecule has 1 aromatic heterocycles. The van der Waals surface area contributed by atoms with Crippen molar-refractivity contribution in [3.05, 3.63) is 16.1 Å². The molecule has 2 saturated carbocycles. The number of nitriles is 1. The summed E-state index contributed by atoms with van der Waals surface area (Å²) in [6.45, 7) is 0. The molecule has 1 spiro atoms. The minimum absolute atomic E-state index is 0.0667. The van der Waals surface area contributed by atoms with Crippen LogP contribution in [0.15, 0.2) is 5.38 Å². The number of carboxylic acids is 1. The van der Waals surface area contributed by atoms with E-state index < -0.39 is 11.4 Å². The maximum absolute atomic E-state index is 10.8. The van der Waals surface area contributed by atoms with Gasteiger partial charge in [-0.2, -0.15) is 5.26 Å². The van der Waals surface area contributed by atoms with Crippen molar-refractivity contribution in [1.82, 2.24) is 4.98 Å². The van der Waals surface area contributed by atoms with Crippen molar-refractivity contribution in [2.75, 3.05) is 0 Å². The van der Waals surface area contributed by atoms with Gasteiger partial charge in [0, 0.05) is 5.38 Å². The van der Waals surface area contributed by atoms with Gasteiger partial charge >= 0.3 is 5.97 Å².